The number of nitrogen functional groups attached to an aromatic ring is 1. The van der Waals surface area contributed by atoms with Crippen molar-refractivity contribution in [1.82, 2.24) is 14.9 Å². The Bertz CT molecular complexity index is 333. The average Bonchev–Trinajstić information content (AvgIpc) is 3.13. The molecule has 1 fully saturated rings. The summed E-state index contributed by atoms with van der Waals surface area (Å²) in [6, 6.07) is 0.633. The lowest BCUT2D eigenvalue weighted by Gasteiger charge is -2.23. The number of hydrogen-bond acceptors (Lipinski definition) is 5. The number of hydrogen-bond donors (Lipinski definition) is 2. The highest BCUT2D eigenvalue weighted by molar-refractivity contribution is 5.28. The molecule has 2 rings (SSSR count). The minimum atomic E-state index is 0.599. The van der Waals surface area contributed by atoms with Crippen molar-refractivity contribution in [1.29, 1.82) is 0 Å². The molecule has 1 aliphatic rings. The summed E-state index contributed by atoms with van der Waals surface area (Å²) in [5.41, 5.74) is 3.45. The molecular formula is C11H19N5. The first-order chi connectivity index (χ1) is 7.70. The van der Waals surface area contributed by atoms with E-state index in [1.165, 1.54) is 12.8 Å². The molecule has 16 heavy (non-hydrogen) atoms. The first-order valence-corrected chi connectivity index (χ1v) is 5.68. The average molecular weight is 221 g/mol. The van der Waals surface area contributed by atoms with Crippen molar-refractivity contribution in [3.05, 3.63) is 18.1 Å². The Morgan fingerprint density at radius 1 is 1.50 bits per heavy atom. The van der Waals surface area contributed by atoms with Gasteiger partial charge in [0.25, 0.3) is 0 Å². The molecule has 0 aromatic carbocycles. The summed E-state index contributed by atoms with van der Waals surface area (Å²) in [6.45, 7) is 3.12. The predicted molar refractivity (Wildman–Crippen MR) is 63.5 cm³/mol. The van der Waals surface area contributed by atoms with Crippen molar-refractivity contribution in [2.24, 2.45) is 11.8 Å². The van der Waals surface area contributed by atoms with Crippen molar-refractivity contribution in [2.45, 2.75) is 32.4 Å². The van der Waals surface area contributed by atoms with Gasteiger partial charge in [-0.15, -0.1) is 0 Å². The van der Waals surface area contributed by atoms with E-state index in [0.717, 1.165) is 18.2 Å². The number of hydrazine groups is 1. The van der Waals surface area contributed by atoms with Gasteiger partial charge in [-0.05, 0) is 32.7 Å². The maximum Gasteiger partial charge on any atom is 0.158 e. The number of nitrogens with two attached hydrogens (primary N) is 1. The van der Waals surface area contributed by atoms with Crippen molar-refractivity contribution in [2.75, 3.05) is 12.5 Å². The summed E-state index contributed by atoms with van der Waals surface area (Å²) in [5.74, 6) is 6.71. The van der Waals surface area contributed by atoms with E-state index in [4.69, 9.17) is 5.84 Å². The molecule has 0 amide bonds. The fraction of sp³-hybridized carbons (Fsp3) is 0.636. The summed E-state index contributed by atoms with van der Waals surface area (Å²) in [5, 5.41) is 0. The molecule has 1 saturated carbocycles. The molecule has 0 saturated heterocycles. The predicted octanol–water partition coefficient (Wildman–Crippen LogP) is 0.992. The number of anilines is 1. The van der Waals surface area contributed by atoms with Gasteiger partial charge in [0, 0.05) is 12.6 Å². The van der Waals surface area contributed by atoms with Gasteiger partial charge in [0.15, 0.2) is 5.82 Å². The zero-order valence-corrected chi connectivity index (χ0v) is 9.85. The molecular weight excluding hydrogens is 202 g/mol. The van der Waals surface area contributed by atoms with Crippen LogP contribution in [0.5, 0.6) is 0 Å². The van der Waals surface area contributed by atoms with Gasteiger partial charge in [-0.25, -0.2) is 10.8 Å². The highest BCUT2D eigenvalue weighted by Gasteiger charge is 2.30. The molecule has 0 bridgehead atoms. The van der Waals surface area contributed by atoms with Gasteiger partial charge in [0.1, 0.15) is 0 Å². The second-order valence-corrected chi connectivity index (χ2v) is 4.53. The molecule has 5 nitrogen and oxygen atoms in total. The van der Waals surface area contributed by atoms with E-state index in [0.29, 0.717) is 11.9 Å². The molecule has 0 spiro atoms. The molecule has 1 aliphatic carbocycles. The van der Waals surface area contributed by atoms with Crippen LogP contribution in [0, 0.1) is 5.92 Å². The van der Waals surface area contributed by atoms with Crippen LogP contribution in [-0.4, -0.2) is 28.0 Å². The van der Waals surface area contributed by atoms with Crippen molar-refractivity contribution < 1.29 is 0 Å². The quantitative estimate of drug-likeness (QED) is 0.573. The van der Waals surface area contributed by atoms with Crippen LogP contribution in [0.1, 0.15) is 25.5 Å². The van der Waals surface area contributed by atoms with Crippen LogP contribution in [0.25, 0.3) is 0 Å². The van der Waals surface area contributed by atoms with Crippen molar-refractivity contribution >= 4 is 5.82 Å². The van der Waals surface area contributed by atoms with Crippen LogP contribution in [0.2, 0.25) is 0 Å². The van der Waals surface area contributed by atoms with Crippen LogP contribution in [0.15, 0.2) is 12.4 Å². The molecule has 88 valence electrons. The molecule has 1 heterocycles. The van der Waals surface area contributed by atoms with Gasteiger partial charge in [-0.1, -0.05) is 0 Å². The second kappa shape index (κ2) is 4.76. The minimum Gasteiger partial charge on any atom is -0.307 e. The molecule has 0 radical (unpaired) electrons. The third kappa shape index (κ3) is 2.68. The molecule has 3 N–H and O–H groups in total. The number of rotatable bonds is 5. The maximum atomic E-state index is 5.23. The van der Waals surface area contributed by atoms with Gasteiger partial charge in [-0.3, -0.25) is 9.88 Å². The summed E-state index contributed by atoms with van der Waals surface area (Å²) in [7, 11) is 2.14. The SMILES string of the molecule is CC(C1CC1)N(C)Cc1cnc(NN)cn1. The Labute approximate surface area is 96.0 Å². The lowest BCUT2D eigenvalue weighted by Crippen LogP contribution is -2.30. The van der Waals surface area contributed by atoms with Crippen LogP contribution in [-0.2, 0) is 6.54 Å². The maximum absolute atomic E-state index is 5.23. The molecule has 1 aromatic rings. The molecule has 1 unspecified atom stereocenters. The number of nitrogens with one attached hydrogen (secondary N) is 1. The van der Waals surface area contributed by atoms with Gasteiger partial charge < -0.3 is 5.43 Å². The van der Waals surface area contributed by atoms with Crippen LogP contribution in [0.3, 0.4) is 0 Å². The van der Waals surface area contributed by atoms with Gasteiger partial charge >= 0.3 is 0 Å². The van der Waals surface area contributed by atoms with Gasteiger partial charge in [-0.2, -0.15) is 0 Å². The monoisotopic (exact) mass is 221 g/mol. The first-order valence-electron chi connectivity index (χ1n) is 5.68. The van der Waals surface area contributed by atoms with E-state index in [9.17, 15) is 0 Å². The van der Waals surface area contributed by atoms with E-state index < -0.39 is 0 Å². The highest BCUT2D eigenvalue weighted by atomic mass is 15.3. The molecule has 0 aliphatic heterocycles. The van der Waals surface area contributed by atoms with E-state index in [2.05, 4.69) is 34.3 Å². The van der Waals surface area contributed by atoms with Crippen LogP contribution in [0.4, 0.5) is 5.82 Å². The van der Waals surface area contributed by atoms with Crippen LogP contribution < -0.4 is 11.3 Å². The lowest BCUT2D eigenvalue weighted by molar-refractivity contribution is 0.224. The Balaban J connectivity index is 1.91. The summed E-state index contributed by atoms with van der Waals surface area (Å²) < 4.78 is 0. The Morgan fingerprint density at radius 2 is 2.25 bits per heavy atom. The Morgan fingerprint density at radius 3 is 2.75 bits per heavy atom. The van der Waals surface area contributed by atoms with Crippen molar-refractivity contribution in [3.63, 3.8) is 0 Å². The third-order valence-electron chi connectivity index (χ3n) is 3.26. The third-order valence-corrected chi connectivity index (χ3v) is 3.26. The number of nitrogens with zero attached hydrogens (tertiary/aromatic N) is 3. The molecule has 5 heteroatoms. The van der Waals surface area contributed by atoms with E-state index >= 15 is 0 Å². The van der Waals surface area contributed by atoms with Crippen molar-refractivity contribution in [3.8, 4) is 0 Å². The van der Waals surface area contributed by atoms with E-state index in [-0.39, 0.29) is 0 Å². The molecule has 1 aromatic heterocycles. The fourth-order valence-corrected chi connectivity index (χ4v) is 1.85. The smallest absolute Gasteiger partial charge is 0.158 e. The normalized spacial score (nSPS) is 17.5. The number of aromatic nitrogens is 2. The van der Waals surface area contributed by atoms with Crippen LogP contribution >= 0.6 is 0 Å². The summed E-state index contributed by atoms with van der Waals surface area (Å²) in [4.78, 5) is 10.8. The van der Waals surface area contributed by atoms with Gasteiger partial charge in [0.2, 0.25) is 0 Å². The Hall–Kier alpha value is -1.20. The lowest BCUT2D eigenvalue weighted by atomic mass is 10.2. The largest absolute Gasteiger partial charge is 0.307 e. The standard InChI is InChI=1S/C11H19N5/c1-8(9-3-4-9)16(2)7-10-5-14-11(15-12)6-13-10/h5-6,8-9H,3-4,7,12H2,1-2H3,(H,14,15). The van der Waals surface area contributed by atoms with E-state index in [1.807, 2.05) is 0 Å². The zero-order valence-electron chi connectivity index (χ0n) is 9.85. The minimum absolute atomic E-state index is 0.599. The summed E-state index contributed by atoms with van der Waals surface area (Å²) >= 11 is 0. The summed E-state index contributed by atoms with van der Waals surface area (Å²) in [6.07, 6.45) is 6.16. The second-order valence-electron chi connectivity index (χ2n) is 4.53. The van der Waals surface area contributed by atoms with E-state index in [1.54, 1.807) is 12.4 Å². The Kier molecular flexibility index (Phi) is 3.36. The highest BCUT2D eigenvalue weighted by Crippen LogP contribution is 2.34. The topological polar surface area (TPSA) is 67.1 Å². The van der Waals surface area contributed by atoms with Gasteiger partial charge in [0.05, 0.1) is 18.1 Å². The fourth-order valence-electron chi connectivity index (χ4n) is 1.85. The molecule has 1 atom stereocenters. The zero-order chi connectivity index (χ0) is 11.5. The first kappa shape index (κ1) is 11.3.